The van der Waals surface area contributed by atoms with Gasteiger partial charge in [0, 0.05) is 12.6 Å². The van der Waals surface area contributed by atoms with E-state index in [4.69, 9.17) is 0 Å². The molecular weight excluding hydrogens is 238 g/mol. The minimum atomic E-state index is -0.0917. The molecule has 0 spiro atoms. The second-order valence-electron chi connectivity index (χ2n) is 5.00. The summed E-state index contributed by atoms with van der Waals surface area (Å²) in [6, 6.07) is 5.84. The number of benzene rings is 1. The number of aromatic nitrogens is 2. The molecule has 2 aromatic rings. The largest absolute Gasteiger partial charge is 0.319 e. The van der Waals surface area contributed by atoms with Gasteiger partial charge < -0.3 is 5.32 Å². The Labute approximate surface area is 113 Å². The number of carbonyl (C=O) groups excluding carboxylic acids is 1. The average Bonchev–Trinajstić information content (AvgIpc) is 2.54. The molecule has 4 heteroatoms. The van der Waals surface area contributed by atoms with Crippen LogP contribution < -0.4 is 5.32 Å². The van der Waals surface area contributed by atoms with E-state index in [2.05, 4.69) is 16.5 Å². The Morgan fingerprint density at radius 2 is 1.68 bits per heavy atom. The van der Waals surface area contributed by atoms with Crippen LogP contribution in [0.4, 0.5) is 5.69 Å². The average molecular weight is 257 g/mol. The van der Waals surface area contributed by atoms with E-state index in [1.54, 1.807) is 4.68 Å². The molecule has 0 aliphatic carbocycles. The Morgan fingerprint density at radius 1 is 1.11 bits per heavy atom. The van der Waals surface area contributed by atoms with Crippen LogP contribution in [0.5, 0.6) is 0 Å². The summed E-state index contributed by atoms with van der Waals surface area (Å²) in [5.74, 6) is -0.0917. The molecule has 100 valence electrons. The smallest absolute Gasteiger partial charge is 0.255 e. The molecule has 1 aromatic heterocycles. The molecule has 0 saturated heterocycles. The number of rotatable bonds is 2. The van der Waals surface area contributed by atoms with Crippen LogP contribution >= 0.6 is 0 Å². The van der Waals surface area contributed by atoms with E-state index >= 15 is 0 Å². The van der Waals surface area contributed by atoms with Gasteiger partial charge in [-0.2, -0.15) is 5.10 Å². The van der Waals surface area contributed by atoms with E-state index in [0.29, 0.717) is 5.56 Å². The molecule has 1 amide bonds. The van der Waals surface area contributed by atoms with Gasteiger partial charge in [-0.15, -0.1) is 0 Å². The number of nitrogens with one attached hydrogen (secondary N) is 1. The molecule has 19 heavy (non-hydrogen) atoms. The standard InChI is InChI=1S/C15H19N3O/c1-9-6-10(2)8-13(7-9)15(19)16-14-11(3)17-18(5)12(14)4/h6-8H,1-5H3,(H,16,19). The first kappa shape index (κ1) is 13.3. The van der Waals surface area contributed by atoms with Crippen LogP contribution in [-0.2, 0) is 7.05 Å². The zero-order chi connectivity index (χ0) is 14.2. The summed E-state index contributed by atoms with van der Waals surface area (Å²) in [6.45, 7) is 7.82. The van der Waals surface area contributed by atoms with Crippen molar-refractivity contribution in [3.8, 4) is 0 Å². The maximum absolute atomic E-state index is 12.3. The molecular formula is C15H19N3O. The van der Waals surface area contributed by atoms with Gasteiger partial charge in [0.05, 0.1) is 17.1 Å². The summed E-state index contributed by atoms with van der Waals surface area (Å²) in [4.78, 5) is 12.3. The van der Waals surface area contributed by atoms with Gasteiger partial charge >= 0.3 is 0 Å². The van der Waals surface area contributed by atoms with Crippen molar-refractivity contribution < 1.29 is 4.79 Å². The predicted molar refractivity (Wildman–Crippen MR) is 76.6 cm³/mol. The van der Waals surface area contributed by atoms with Crippen molar-refractivity contribution >= 4 is 11.6 Å². The minimum absolute atomic E-state index is 0.0917. The highest BCUT2D eigenvalue weighted by atomic mass is 16.1. The summed E-state index contributed by atoms with van der Waals surface area (Å²) in [5, 5.41) is 7.24. The number of anilines is 1. The van der Waals surface area contributed by atoms with Crippen LogP contribution in [0.1, 0.15) is 32.9 Å². The molecule has 0 unspecified atom stereocenters. The Kier molecular flexibility index (Phi) is 3.42. The lowest BCUT2D eigenvalue weighted by atomic mass is 10.1. The van der Waals surface area contributed by atoms with Gasteiger partial charge in [0.1, 0.15) is 0 Å². The maximum atomic E-state index is 12.3. The van der Waals surface area contributed by atoms with Crippen LogP contribution in [-0.4, -0.2) is 15.7 Å². The van der Waals surface area contributed by atoms with Crippen molar-refractivity contribution in [3.63, 3.8) is 0 Å². The van der Waals surface area contributed by atoms with Gasteiger partial charge in [0.2, 0.25) is 0 Å². The lowest BCUT2D eigenvalue weighted by Crippen LogP contribution is -2.13. The second kappa shape index (κ2) is 4.88. The predicted octanol–water partition coefficient (Wildman–Crippen LogP) is 2.91. The summed E-state index contributed by atoms with van der Waals surface area (Å²) < 4.78 is 1.77. The van der Waals surface area contributed by atoms with Crippen LogP contribution in [0.25, 0.3) is 0 Å². The van der Waals surface area contributed by atoms with Crippen molar-refractivity contribution in [2.24, 2.45) is 7.05 Å². The molecule has 0 aliphatic rings. The SMILES string of the molecule is Cc1cc(C)cc(C(=O)Nc2c(C)nn(C)c2C)c1. The third-order valence-corrected chi connectivity index (χ3v) is 3.23. The number of hydrogen-bond donors (Lipinski definition) is 1. The van der Waals surface area contributed by atoms with Crippen LogP contribution in [0, 0.1) is 27.7 Å². The Morgan fingerprint density at radius 3 is 2.16 bits per heavy atom. The summed E-state index contributed by atoms with van der Waals surface area (Å²) in [6.07, 6.45) is 0. The van der Waals surface area contributed by atoms with Gasteiger partial charge in [-0.1, -0.05) is 17.2 Å². The van der Waals surface area contributed by atoms with Crippen molar-refractivity contribution in [1.29, 1.82) is 0 Å². The molecule has 0 atom stereocenters. The lowest BCUT2D eigenvalue weighted by molar-refractivity contribution is 0.102. The van der Waals surface area contributed by atoms with E-state index in [-0.39, 0.29) is 5.91 Å². The monoisotopic (exact) mass is 257 g/mol. The minimum Gasteiger partial charge on any atom is -0.319 e. The third-order valence-electron chi connectivity index (χ3n) is 3.23. The molecule has 1 N–H and O–H groups in total. The first-order valence-corrected chi connectivity index (χ1v) is 6.28. The molecule has 0 radical (unpaired) electrons. The highest BCUT2D eigenvalue weighted by Gasteiger charge is 2.14. The van der Waals surface area contributed by atoms with E-state index in [1.165, 1.54) is 0 Å². The normalized spacial score (nSPS) is 10.6. The Bertz CT molecular complexity index is 621. The van der Waals surface area contributed by atoms with Crippen molar-refractivity contribution in [1.82, 2.24) is 9.78 Å². The molecule has 0 saturated carbocycles. The van der Waals surface area contributed by atoms with Crippen molar-refractivity contribution in [2.45, 2.75) is 27.7 Å². The first-order valence-electron chi connectivity index (χ1n) is 6.28. The van der Waals surface area contributed by atoms with Crippen LogP contribution in [0.15, 0.2) is 18.2 Å². The quantitative estimate of drug-likeness (QED) is 0.899. The molecule has 0 aliphatic heterocycles. The molecule has 1 aromatic carbocycles. The van der Waals surface area contributed by atoms with E-state index in [0.717, 1.165) is 28.2 Å². The number of nitrogens with zero attached hydrogens (tertiary/aromatic N) is 2. The van der Waals surface area contributed by atoms with Gasteiger partial charge in [-0.25, -0.2) is 0 Å². The maximum Gasteiger partial charge on any atom is 0.255 e. The highest BCUT2D eigenvalue weighted by Crippen LogP contribution is 2.19. The zero-order valence-corrected chi connectivity index (χ0v) is 12.0. The summed E-state index contributed by atoms with van der Waals surface area (Å²) in [7, 11) is 1.87. The molecule has 2 rings (SSSR count). The zero-order valence-electron chi connectivity index (χ0n) is 12.0. The summed E-state index contributed by atoms with van der Waals surface area (Å²) >= 11 is 0. The van der Waals surface area contributed by atoms with Gasteiger partial charge in [0.25, 0.3) is 5.91 Å². The van der Waals surface area contributed by atoms with Gasteiger partial charge in [-0.3, -0.25) is 9.48 Å². The molecule has 1 heterocycles. The van der Waals surface area contributed by atoms with Gasteiger partial charge in [-0.05, 0) is 39.8 Å². The van der Waals surface area contributed by atoms with E-state index in [9.17, 15) is 4.79 Å². The fourth-order valence-corrected chi connectivity index (χ4v) is 2.25. The molecule has 0 fully saturated rings. The second-order valence-corrected chi connectivity index (χ2v) is 5.00. The fourth-order valence-electron chi connectivity index (χ4n) is 2.25. The lowest BCUT2D eigenvalue weighted by Gasteiger charge is -2.07. The highest BCUT2D eigenvalue weighted by molar-refractivity contribution is 6.05. The van der Waals surface area contributed by atoms with E-state index in [1.807, 2.05) is 46.9 Å². The topological polar surface area (TPSA) is 46.9 Å². The summed E-state index contributed by atoms with van der Waals surface area (Å²) in [5.41, 5.74) is 5.44. The van der Waals surface area contributed by atoms with Gasteiger partial charge in [0.15, 0.2) is 0 Å². The number of carbonyl (C=O) groups is 1. The van der Waals surface area contributed by atoms with Crippen LogP contribution in [0.3, 0.4) is 0 Å². The van der Waals surface area contributed by atoms with Crippen LogP contribution in [0.2, 0.25) is 0 Å². The number of aryl methyl sites for hydroxylation is 4. The Hall–Kier alpha value is -2.10. The first-order chi connectivity index (χ1) is 8.88. The van der Waals surface area contributed by atoms with Crippen molar-refractivity contribution in [2.75, 3.05) is 5.32 Å². The van der Waals surface area contributed by atoms with Crippen molar-refractivity contribution in [3.05, 3.63) is 46.3 Å². The number of hydrogen-bond acceptors (Lipinski definition) is 2. The third kappa shape index (κ3) is 2.67. The fraction of sp³-hybridized carbons (Fsp3) is 0.333. The van der Waals surface area contributed by atoms with E-state index < -0.39 is 0 Å². The molecule has 4 nitrogen and oxygen atoms in total. The Balaban J connectivity index is 2.30. The number of amides is 1. The molecule has 0 bridgehead atoms.